The van der Waals surface area contributed by atoms with Crippen LogP contribution in [0, 0.1) is 5.41 Å². The van der Waals surface area contributed by atoms with Crippen LogP contribution in [0.2, 0.25) is 0 Å². The van der Waals surface area contributed by atoms with Crippen LogP contribution in [0.15, 0.2) is 46.2 Å². The largest absolute Gasteiger partial charge is 0.398 e. The monoisotopic (exact) mass is 423 g/mol. The molecule has 2 aliphatic heterocycles. The maximum absolute atomic E-state index is 10.4. The molecule has 0 spiro atoms. The molecule has 0 bridgehead atoms. The minimum atomic E-state index is -0.708. The van der Waals surface area contributed by atoms with Crippen LogP contribution in [0.5, 0.6) is 0 Å². The second-order valence-electron chi connectivity index (χ2n) is 8.46. The molecule has 166 valence electrons. The van der Waals surface area contributed by atoms with Crippen molar-refractivity contribution in [2.24, 2.45) is 15.8 Å². The van der Waals surface area contributed by atoms with Gasteiger partial charge in [0.2, 0.25) is 0 Å². The van der Waals surface area contributed by atoms with E-state index >= 15 is 0 Å². The van der Waals surface area contributed by atoms with Gasteiger partial charge in [0, 0.05) is 44.0 Å². The van der Waals surface area contributed by atoms with Crippen molar-refractivity contribution in [3.05, 3.63) is 47.3 Å². The molecule has 0 amide bonds. The maximum Gasteiger partial charge on any atom is 0.118 e. The molecular formula is C23H33N7O. The van der Waals surface area contributed by atoms with E-state index in [1.54, 1.807) is 7.05 Å². The standard InChI is InChI=1S/C23H33N7O/c1-4-16(13-29(3)26)17-6-7-19(24)18(12-17)22(25)20-8-9-21(28-15-27-20)30-11-5-10-23(2,31)14-30/h6-8,12-13,15,25,31H,4-5,9-11,14,24,26H2,1-3H3. The van der Waals surface area contributed by atoms with Crippen molar-refractivity contribution in [2.45, 2.75) is 45.1 Å². The number of hydrazine groups is 1. The molecular weight excluding hydrogens is 390 g/mol. The molecule has 0 saturated carbocycles. The molecule has 1 aromatic carbocycles. The van der Waals surface area contributed by atoms with Gasteiger partial charge in [-0.15, -0.1) is 0 Å². The molecule has 31 heavy (non-hydrogen) atoms. The molecule has 1 unspecified atom stereocenters. The second kappa shape index (κ2) is 9.45. The zero-order valence-corrected chi connectivity index (χ0v) is 18.6. The number of likely N-dealkylation sites (tertiary alicyclic amines) is 1. The third-order valence-corrected chi connectivity index (χ3v) is 5.61. The Morgan fingerprint density at radius 2 is 2.19 bits per heavy atom. The third-order valence-electron chi connectivity index (χ3n) is 5.61. The van der Waals surface area contributed by atoms with Crippen molar-refractivity contribution in [2.75, 3.05) is 25.9 Å². The number of nitrogens with two attached hydrogens (primary N) is 2. The van der Waals surface area contributed by atoms with Gasteiger partial charge in [0.25, 0.3) is 0 Å². The summed E-state index contributed by atoms with van der Waals surface area (Å²) in [6.45, 7) is 5.33. The van der Waals surface area contributed by atoms with E-state index in [0.717, 1.165) is 42.8 Å². The van der Waals surface area contributed by atoms with E-state index in [-0.39, 0.29) is 5.71 Å². The third kappa shape index (κ3) is 5.59. The molecule has 1 atom stereocenters. The molecule has 3 rings (SSSR count). The van der Waals surface area contributed by atoms with Gasteiger partial charge in [-0.05, 0) is 55.5 Å². The van der Waals surface area contributed by atoms with Gasteiger partial charge < -0.3 is 20.7 Å². The van der Waals surface area contributed by atoms with E-state index in [0.29, 0.717) is 29.9 Å². The summed E-state index contributed by atoms with van der Waals surface area (Å²) in [6.07, 6.45) is 8.33. The number of nitrogen functional groups attached to an aromatic ring is 1. The van der Waals surface area contributed by atoms with E-state index in [9.17, 15) is 5.11 Å². The van der Waals surface area contributed by atoms with Crippen LogP contribution in [-0.4, -0.2) is 58.6 Å². The zero-order chi connectivity index (χ0) is 22.6. The Bertz CT molecular complexity index is 957. The summed E-state index contributed by atoms with van der Waals surface area (Å²) >= 11 is 0. The molecule has 2 heterocycles. The molecule has 2 aliphatic rings. The molecule has 0 radical (unpaired) electrons. The first-order valence-electron chi connectivity index (χ1n) is 10.6. The number of aliphatic hydroxyl groups is 1. The maximum atomic E-state index is 10.4. The van der Waals surface area contributed by atoms with Gasteiger partial charge in [-0.1, -0.05) is 13.0 Å². The van der Waals surface area contributed by atoms with Crippen molar-refractivity contribution in [3.8, 4) is 0 Å². The quantitative estimate of drug-likeness (QED) is 0.251. The molecule has 8 nitrogen and oxygen atoms in total. The predicted octanol–water partition coefficient (Wildman–Crippen LogP) is 2.75. The Hall–Kier alpha value is -2.97. The van der Waals surface area contributed by atoms with Crippen LogP contribution < -0.4 is 11.6 Å². The highest BCUT2D eigenvalue weighted by Gasteiger charge is 2.30. The molecule has 0 aromatic heterocycles. The van der Waals surface area contributed by atoms with E-state index in [2.05, 4.69) is 21.8 Å². The van der Waals surface area contributed by atoms with Crippen LogP contribution in [0.3, 0.4) is 0 Å². The first-order valence-corrected chi connectivity index (χ1v) is 10.6. The number of nitrogens with zero attached hydrogens (tertiary/aromatic N) is 4. The predicted molar refractivity (Wildman–Crippen MR) is 128 cm³/mol. The lowest BCUT2D eigenvalue weighted by Crippen LogP contribution is -2.48. The first kappa shape index (κ1) is 22.7. The van der Waals surface area contributed by atoms with Crippen molar-refractivity contribution < 1.29 is 5.11 Å². The summed E-state index contributed by atoms with van der Waals surface area (Å²) in [4.78, 5) is 11.0. The number of piperidine rings is 1. The molecule has 6 N–H and O–H groups in total. The summed E-state index contributed by atoms with van der Waals surface area (Å²) in [5.74, 6) is 6.65. The van der Waals surface area contributed by atoms with E-state index in [1.807, 2.05) is 37.4 Å². The van der Waals surface area contributed by atoms with Crippen LogP contribution in [-0.2, 0) is 0 Å². The number of β-amino-alcohol motifs (C(OH)–C–C–N with tert-alkyl or cyclic N) is 1. The first-order chi connectivity index (χ1) is 14.7. The molecule has 1 saturated heterocycles. The van der Waals surface area contributed by atoms with Gasteiger partial charge in [-0.25, -0.2) is 15.8 Å². The van der Waals surface area contributed by atoms with Crippen LogP contribution in [0.4, 0.5) is 5.69 Å². The topological polar surface area (TPSA) is 127 Å². The van der Waals surface area contributed by atoms with Gasteiger partial charge in [-0.3, -0.25) is 5.41 Å². The highest BCUT2D eigenvalue weighted by Crippen LogP contribution is 2.26. The van der Waals surface area contributed by atoms with Gasteiger partial charge in [0.15, 0.2) is 0 Å². The van der Waals surface area contributed by atoms with Gasteiger partial charge >= 0.3 is 0 Å². The lowest BCUT2D eigenvalue weighted by atomic mass is 9.95. The molecule has 8 heteroatoms. The second-order valence-corrected chi connectivity index (χ2v) is 8.46. The Balaban J connectivity index is 1.82. The number of nitrogens with one attached hydrogen (secondary N) is 1. The smallest absolute Gasteiger partial charge is 0.118 e. The summed E-state index contributed by atoms with van der Waals surface area (Å²) in [5.41, 5.74) is 9.48. The average molecular weight is 424 g/mol. The Morgan fingerprint density at radius 3 is 2.87 bits per heavy atom. The van der Waals surface area contributed by atoms with Crippen LogP contribution >= 0.6 is 0 Å². The van der Waals surface area contributed by atoms with Crippen molar-refractivity contribution >= 4 is 29.1 Å². The number of hydrogen-bond donors (Lipinski definition) is 4. The fraction of sp³-hybridized carbons (Fsp3) is 0.435. The number of amidine groups is 1. The van der Waals surface area contributed by atoms with Crippen LogP contribution in [0.1, 0.15) is 50.7 Å². The van der Waals surface area contributed by atoms with E-state index in [1.165, 1.54) is 11.3 Å². The number of anilines is 1. The number of allylic oxidation sites excluding steroid dienone is 2. The number of aliphatic imine (C=N–C) groups is 2. The Morgan fingerprint density at radius 1 is 1.42 bits per heavy atom. The Labute approximate surface area is 184 Å². The summed E-state index contributed by atoms with van der Waals surface area (Å²) < 4.78 is 0. The summed E-state index contributed by atoms with van der Waals surface area (Å²) in [7, 11) is 1.78. The van der Waals surface area contributed by atoms with Crippen molar-refractivity contribution in [1.29, 1.82) is 5.41 Å². The Kier molecular flexibility index (Phi) is 6.92. The lowest BCUT2D eigenvalue weighted by molar-refractivity contribution is 0.00534. The summed E-state index contributed by atoms with van der Waals surface area (Å²) in [5, 5.41) is 20.7. The average Bonchev–Trinajstić information content (AvgIpc) is 2.97. The molecule has 1 aromatic rings. The zero-order valence-electron chi connectivity index (χ0n) is 18.6. The van der Waals surface area contributed by atoms with Crippen molar-refractivity contribution in [3.63, 3.8) is 0 Å². The van der Waals surface area contributed by atoms with Gasteiger partial charge in [-0.2, -0.15) is 0 Å². The fourth-order valence-corrected chi connectivity index (χ4v) is 4.00. The SMILES string of the molecule is CCC(=CN(C)N)c1ccc(N)c(C(=N)C2=CCC(N3CCCC(C)(O)C3)=NC=N2)c1. The normalized spacial score (nSPS) is 22.0. The van der Waals surface area contributed by atoms with E-state index in [4.69, 9.17) is 17.0 Å². The highest BCUT2D eigenvalue weighted by molar-refractivity contribution is 6.15. The van der Waals surface area contributed by atoms with Gasteiger partial charge in [0.1, 0.15) is 12.2 Å². The molecule has 1 fully saturated rings. The van der Waals surface area contributed by atoms with Crippen molar-refractivity contribution in [1.82, 2.24) is 9.91 Å². The van der Waals surface area contributed by atoms with Crippen LogP contribution in [0.25, 0.3) is 5.57 Å². The van der Waals surface area contributed by atoms with Gasteiger partial charge in [0.05, 0.1) is 17.0 Å². The highest BCUT2D eigenvalue weighted by atomic mass is 16.3. The fourth-order valence-electron chi connectivity index (χ4n) is 4.00. The minimum absolute atomic E-state index is 0.259. The number of rotatable bonds is 5. The molecule has 0 aliphatic carbocycles. The lowest BCUT2D eigenvalue weighted by Gasteiger charge is -2.38. The van der Waals surface area contributed by atoms with E-state index < -0.39 is 5.60 Å². The number of benzene rings is 1. The summed E-state index contributed by atoms with van der Waals surface area (Å²) in [6, 6.07) is 5.68. The minimum Gasteiger partial charge on any atom is -0.398 e. The number of hydrogen-bond acceptors (Lipinski definition) is 8.